The predicted octanol–water partition coefficient (Wildman–Crippen LogP) is 4.93. The number of carbonyl (C=O) groups excluding carboxylic acids is 2. The molecule has 0 spiro atoms. The lowest BCUT2D eigenvalue weighted by Crippen LogP contribution is -2.35. The van der Waals surface area contributed by atoms with Gasteiger partial charge in [-0.15, -0.1) is 11.3 Å². The van der Waals surface area contributed by atoms with Crippen molar-refractivity contribution in [3.8, 4) is 0 Å². The van der Waals surface area contributed by atoms with Gasteiger partial charge in [-0.2, -0.15) is 0 Å². The third kappa shape index (κ3) is 5.34. The summed E-state index contributed by atoms with van der Waals surface area (Å²) < 4.78 is 20.3. The monoisotopic (exact) mass is 469 g/mol. The molecule has 2 heterocycles. The molecule has 2 N–H and O–H groups in total. The van der Waals surface area contributed by atoms with E-state index in [2.05, 4.69) is 21.6 Å². The average Bonchev–Trinajstić information content (AvgIpc) is 3.43. The fourth-order valence-electron chi connectivity index (χ4n) is 4.22. The summed E-state index contributed by atoms with van der Waals surface area (Å²) in [4.78, 5) is 28.2. The van der Waals surface area contributed by atoms with Crippen molar-refractivity contribution in [3.63, 3.8) is 0 Å². The van der Waals surface area contributed by atoms with Crippen molar-refractivity contribution in [1.29, 1.82) is 0 Å². The molecule has 1 aromatic heterocycles. The zero-order valence-electron chi connectivity index (χ0n) is 18.8. The summed E-state index contributed by atoms with van der Waals surface area (Å²) in [6.07, 6.45) is 2.50. The van der Waals surface area contributed by atoms with Crippen molar-refractivity contribution >= 4 is 44.6 Å². The molecule has 2 amide bonds. The molecule has 1 aliphatic heterocycles. The Morgan fingerprint density at radius 2 is 1.94 bits per heavy atom. The van der Waals surface area contributed by atoms with Gasteiger partial charge >= 0.3 is 0 Å². The highest BCUT2D eigenvalue weighted by molar-refractivity contribution is 7.21. The molecule has 1 atom stereocenters. The fraction of sp³-hybridized carbons (Fsp3) is 0.360. The first kappa shape index (κ1) is 23.2. The van der Waals surface area contributed by atoms with Gasteiger partial charge in [0, 0.05) is 59.7 Å². The van der Waals surface area contributed by atoms with Crippen LogP contribution in [0.4, 0.5) is 15.8 Å². The van der Waals surface area contributed by atoms with Crippen LogP contribution in [0.2, 0.25) is 0 Å². The van der Waals surface area contributed by atoms with Crippen LogP contribution in [-0.4, -0.2) is 38.1 Å². The first-order valence-corrected chi connectivity index (χ1v) is 11.9. The molecule has 0 aliphatic carbocycles. The van der Waals surface area contributed by atoms with Crippen LogP contribution in [-0.2, 0) is 16.1 Å². The summed E-state index contributed by atoms with van der Waals surface area (Å²) in [7, 11) is 1.51. The van der Waals surface area contributed by atoms with Gasteiger partial charge < -0.3 is 20.3 Å². The summed E-state index contributed by atoms with van der Waals surface area (Å²) >= 11 is 1.23. The molecule has 1 fully saturated rings. The zero-order chi connectivity index (χ0) is 23.4. The second-order valence-corrected chi connectivity index (χ2v) is 9.38. The second-order valence-electron chi connectivity index (χ2n) is 8.33. The molecule has 1 aliphatic rings. The van der Waals surface area contributed by atoms with Crippen molar-refractivity contribution in [2.75, 3.05) is 30.4 Å². The van der Waals surface area contributed by atoms with E-state index in [1.54, 1.807) is 19.1 Å². The summed E-state index contributed by atoms with van der Waals surface area (Å²) in [5.41, 5.74) is 2.38. The lowest BCUT2D eigenvalue weighted by molar-refractivity contribution is -0.116. The number of hydrogen-bond acceptors (Lipinski definition) is 5. The molecular formula is C25H28FN3O3S. The van der Waals surface area contributed by atoms with Gasteiger partial charge in [0.2, 0.25) is 5.91 Å². The Kier molecular flexibility index (Phi) is 7.25. The average molecular weight is 470 g/mol. The molecule has 0 radical (unpaired) electrons. The number of halogens is 1. The van der Waals surface area contributed by atoms with Crippen LogP contribution in [0.1, 0.15) is 41.4 Å². The van der Waals surface area contributed by atoms with E-state index >= 15 is 0 Å². The molecule has 6 nitrogen and oxygen atoms in total. The van der Waals surface area contributed by atoms with Crippen LogP contribution in [0.25, 0.3) is 10.1 Å². The van der Waals surface area contributed by atoms with Gasteiger partial charge in [-0.25, -0.2) is 4.39 Å². The third-order valence-electron chi connectivity index (χ3n) is 5.73. The van der Waals surface area contributed by atoms with Gasteiger partial charge in [0.05, 0.1) is 11.5 Å². The Balaban J connectivity index is 1.40. The second kappa shape index (κ2) is 10.3. The van der Waals surface area contributed by atoms with Crippen LogP contribution >= 0.6 is 11.3 Å². The SMILES string of the molecule is COCc1c(C(=O)NC(C)CC(=O)Nc2cccc(N3CCCC3)c2)sc2cccc(F)c12. The van der Waals surface area contributed by atoms with E-state index in [1.165, 1.54) is 37.4 Å². The Morgan fingerprint density at radius 3 is 2.70 bits per heavy atom. The molecule has 0 saturated carbocycles. The molecule has 2 aromatic carbocycles. The van der Waals surface area contributed by atoms with E-state index < -0.39 is 6.04 Å². The Hall–Kier alpha value is -2.97. The van der Waals surface area contributed by atoms with E-state index in [0.29, 0.717) is 20.5 Å². The van der Waals surface area contributed by atoms with Crippen molar-refractivity contribution in [1.82, 2.24) is 5.32 Å². The summed E-state index contributed by atoms with van der Waals surface area (Å²) in [5, 5.41) is 6.21. The molecule has 174 valence electrons. The zero-order valence-corrected chi connectivity index (χ0v) is 19.6. The molecule has 3 aromatic rings. The summed E-state index contributed by atoms with van der Waals surface area (Å²) in [6, 6.07) is 12.2. The maximum Gasteiger partial charge on any atom is 0.261 e. The minimum atomic E-state index is -0.398. The lowest BCUT2D eigenvalue weighted by atomic mass is 10.1. The van der Waals surface area contributed by atoms with Crippen LogP contribution in [0.3, 0.4) is 0 Å². The quantitative estimate of drug-likeness (QED) is 0.491. The normalized spacial score (nSPS) is 14.5. The molecular weight excluding hydrogens is 441 g/mol. The lowest BCUT2D eigenvalue weighted by Gasteiger charge is -2.19. The van der Waals surface area contributed by atoms with Gasteiger partial charge in [-0.3, -0.25) is 9.59 Å². The maximum atomic E-state index is 14.4. The number of methoxy groups -OCH3 is 1. The number of carbonyl (C=O) groups is 2. The number of benzene rings is 2. The van der Waals surface area contributed by atoms with Crippen LogP contribution in [0, 0.1) is 5.82 Å². The molecule has 1 unspecified atom stereocenters. The smallest absolute Gasteiger partial charge is 0.261 e. The number of amides is 2. The predicted molar refractivity (Wildman–Crippen MR) is 131 cm³/mol. The number of anilines is 2. The fourth-order valence-corrected chi connectivity index (χ4v) is 5.34. The topological polar surface area (TPSA) is 70.7 Å². The van der Waals surface area contributed by atoms with Gasteiger partial charge in [0.1, 0.15) is 5.82 Å². The number of fused-ring (bicyclic) bond motifs is 1. The number of nitrogens with one attached hydrogen (secondary N) is 2. The van der Waals surface area contributed by atoms with Crippen molar-refractivity contribution < 1.29 is 18.7 Å². The van der Waals surface area contributed by atoms with E-state index in [4.69, 9.17) is 4.74 Å². The standard InChI is InChI=1S/C25H28FN3O3S/c1-16(13-22(30)28-17-7-5-8-18(14-17)29-11-3-4-12-29)27-25(31)24-19(15-32-2)23-20(26)9-6-10-21(23)33-24/h5-10,14,16H,3-4,11-13,15H2,1-2H3,(H,27,31)(H,28,30). The first-order chi connectivity index (χ1) is 16.0. The first-order valence-electron chi connectivity index (χ1n) is 11.1. The maximum absolute atomic E-state index is 14.4. The number of hydrogen-bond donors (Lipinski definition) is 2. The van der Waals surface area contributed by atoms with Crippen LogP contribution in [0.15, 0.2) is 42.5 Å². The minimum absolute atomic E-state index is 0.124. The summed E-state index contributed by atoms with van der Waals surface area (Å²) in [5.74, 6) is -0.890. The number of ether oxygens (including phenoxy) is 1. The Bertz CT molecular complexity index is 1160. The number of thiophene rings is 1. The summed E-state index contributed by atoms with van der Waals surface area (Å²) in [6.45, 7) is 3.98. The number of rotatable bonds is 8. The highest BCUT2D eigenvalue weighted by Crippen LogP contribution is 2.34. The largest absolute Gasteiger partial charge is 0.380 e. The Morgan fingerprint density at radius 1 is 1.18 bits per heavy atom. The van der Waals surface area contributed by atoms with Crippen LogP contribution in [0.5, 0.6) is 0 Å². The Labute approximate surface area is 196 Å². The van der Waals surface area contributed by atoms with E-state index in [1.807, 2.05) is 18.2 Å². The third-order valence-corrected chi connectivity index (χ3v) is 6.92. The van der Waals surface area contributed by atoms with E-state index in [-0.39, 0.29) is 30.7 Å². The van der Waals surface area contributed by atoms with Crippen molar-refractivity contribution in [2.45, 2.75) is 38.8 Å². The molecule has 33 heavy (non-hydrogen) atoms. The van der Waals surface area contributed by atoms with Crippen LogP contribution < -0.4 is 15.5 Å². The molecule has 1 saturated heterocycles. The van der Waals surface area contributed by atoms with E-state index in [0.717, 1.165) is 24.5 Å². The molecule has 0 bridgehead atoms. The van der Waals surface area contributed by atoms with Gasteiger partial charge in [0.15, 0.2) is 0 Å². The van der Waals surface area contributed by atoms with Crippen molar-refractivity contribution in [3.05, 3.63) is 58.7 Å². The highest BCUT2D eigenvalue weighted by atomic mass is 32.1. The van der Waals surface area contributed by atoms with Gasteiger partial charge in [-0.1, -0.05) is 12.1 Å². The highest BCUT2D eigenvalue weighted by Gasteiger charge is 2.22. The van der Waals surface area contributed by atoms with E-state index in [9.17, 15) is 14.0 Å². The molecule has 4 rings (SSSR count). The minimum Gasteiger partial charge on any atom is -0.380 e. The number of nitrogens with zero attached hydrogens (tertiary/aromatic N) is 1. The van der Waals surface area contributed by atoms with Gasteiger partial charge in [0.25, 0.3) is 5.91 Å². The van der Waals surface area contributed by atoms with Crippen molar-refractivity contribution in [2.24, 2.45) is 0 Å². The molecule has 8 heteroatoms. The van der Waals surface area contributed by atoms with Gasteiger partial charge in [-0.05, 0) is 50.1 Å².